The summed E-state index contributed by atoms with van der Waals surface area (Å²) >= 11 is 0. The fourth-order valence-electron chi connectivity index (χ4n) is 2.09. The lowest BCUT2D eigenvalue weighted by Crippen LogP contribution is -2.74. The van der Waals surface area contributed by atoms with E-state index in [0.717, 1.165) is 24.4 Å². The Morgan fingerprint density at radius 2 is 1.15 bits per heavy atom. The van der Waals surface area contributed by atoms with Crippen molar-refractivity contribution in [3.63, 3.8) is 0 Å². The number of pyridine rings is 1. The zero-order valence-corrected chi connectivity index (χ0v) is 15.7. The molecule has 0 fully saturated rings. The molecule has 0 saturated heterocycles. The summed E-state index contributed by atoms with van der Waals surface area (Å²) in [6.45, 7) is 1.12. The van der Waals surface area contributed by atoms with Gasteiger partial charge in [0.05, 0.1) is 0 Å². The quantitative estimate of drug-likeness (QED) is 0.392. The number of amides is 1. The van der Waals surface area contributed by atoms with Crippen LogP contribution in [0.4, 0.5) is 76.1 Å². The van der Waals surface area contributed by atoms with Crippen molar-refractivity contribution in [2.75, 3.05) is 5.32 Å². The summed E-state index contributed by atoms with van der Waals surface area (Å²) in [6, 6.07) is 2.62. The van der Waals surface area contributed by atoms with Gasteiger partial charge >= 0.3 is 53.8 Å². The zero-order valence-electron chi connectivity index (χ0n) is 15.7. The molecule has 1 rings (SSSR count). The lowest BCUT2D eigenvalue weighted by Gasteiger charge is -2.42. The monoisotopic (exact) mass is 536 g/mol. The van der Waals surface area contributed by atoms with Crippen LogP contribution < -0.4 is 5.32 Å². The van der Waals surface area contributed by atoms with Gasteiger partial charge < -0.3 is 5.32 Å². The molecule has 196 valence electrons. The van der Waals surface area contributed by atoms with Gasteiger partial charge in [0.15, 0.2) is 0 Å². The fourth-order valence-corrected chi connectivity index (χ4v) is 2.09. The summed E-state index contributed by atoms with van der Waals surface area (Å²) in [5, 5.41) is 0.748. The molecule has 34 heavy (non-hydrogen) atoms. The molecule has 0 atom stereocenters. The Morgan fingerprint density at radius 1 is 0.735 bits per heavy atom. The number of nitrogens with zero attached hydrogens (tertiary/aromatic N) is 1. The number of nitrogens with one attached hydrogen (secondary N) is 1. The third-order valence-corrected chi connectivity index (χ3v) is 4.08. The van der Waals surface area contributed by atoms with Gasteiger partial charge in [-0.2, -0.15) is 61.5 Å². The number of halogens is 16. The highest BCUT2D eigenvalue weighted by atomic mass is 19.4. The van der Waals surface area contributed by atoms with Crippen LogP contribution in [0.15, 0.2) is 18.2 Å². The van der Waals surface area contributed by atoms with Crippen LogP contribution in [0.5, 0.6) is 0 Å². The summed E-state index contributed by atoms with van der Waals surface area (Å²) in [5.74, 6) is -60.9. The normalized spacial score (nSPS) is 15.0. The van der Waals surface area contributed by atoms with Crippen LogP contribution in [0.25, 0.3) is 0 Å². The highest BCUT2D eigenvalue weighted by Crippen LogP contribution is 2.62. The molecule has 0 aliphatic rings. The average molecular weight is 536 g/mol. The number of aryl methyl sites for hydroxylation is 1. The second-order valence-electron chi connectivity index (χ2n) is 6.49. The minimum atomic E-state index is -8.56. The molecule has 0 saturated carbocycles. The lowest BCUT2D eigenvalue weighted by molar-refractivity contribution is -0.443. The van der Waals surface area contributed by atoms with Gasteiger partial charge in [0.1, 0.15) is 5.82 Å². The highest BCUT2D eigenvalue weighted by Gasteiger charge is 2.94. The molecule has 0 aliphatic carbocycles. The molecule has 1 amide bonds. The van der Waals surface area contributed by atoms with E-state index < -0.39 is 59.6 Å². The van der Waals surface area contributed by atoms with Crippen molar-refractivity contribution in [1.82, 2.24) is 4.98 Å². The van der Waals surface area contributed by atoms with E-state index in [4.69, 9.17) is 0 Å². The number of hydrogen-bond acceptors (Lipinski definition) is 2. The molecule has 0 bridgehead atoms. The molecular weight excluding hydrogens is 528 g/mol. The molecule has 3 nitrogen and oxygen atoms in total. The first-order valence-corrected chi connectivity index (χ1v) is 8.02. The molecule has 0 spiro atoms. The fraction of sp³-hybridized carbons (Fsp3) is 0.600. The summed E-state index contributed by atoms with van der Waals surface area (Å²) in [5.41, 5.74) is -0.119. The topological polar surface area (TPSA) is 42.0 Å². The van der Waals surface area contributed by atoms with E-state index >= 15 is 0 Å². The first-order chi connectivity index (χ1) is 14.8. The summed E-state index contributed by atoms with van der Waals surface area (Å²) in [4.78, 5) is 14.6. The number of hydrogen-bond donors (Lipinski definition) is 1. The van der Waals surface area contributed by atoms with Crippen LogP contribution >= 0.6 is 0 Å². The minimum absolute atomic E-state index is 0.119. The van der Waals surface area contributed by atoms with E-state index in [2.05, 4.69) is 4.98 Å². The number of carbonyl (C=O) groups is 1. The molecule has 1 heterocycles. The van der Waals surface area contributed by atoms with E-state index in [1.165, 1.54) is 0 Å². The van der Waals surface area contributed by atoms with Crippen molar-refractivity contribution in [3.8, 4) is 0 Å². The third kappa shape index (κ3) is 3.99. The van der Waals surface area contributed by atoms with Gasteiger partial charge in [-0.1, -0.05) is 6.07 Å². The first kappa shape index (κ1) is 29.5. The van der Waals surface area contributed by atoms with Crippen LogP contribution in [0.3, 0.4) is 0 Å². The number of aromatic nitrogens is 1. The number of carbonyl (C=O) groups excluding carboxylic acids is 1. The summed E-state index contributed by atoms with van der Waals surface area (Å²) < 4.78 is 212. The Kier molecular flexibility index (Phi) is 7.22. The van der Waals surface area contributed by atoms with Crippen LogP contribution in [-0.4, -0.2) is 58.8 Å². The largest absolute Gasteiger partial charge is 0.393 e. The lowest BCUT2D eigenvalue weighted by atomic mass is 9.89. The van der Waals surface area contributed by atoms with Gasteiger partial charge in [-0.3, -0.25) is 4.79 Å². The second kappa shape index (κ2) is 8.31. The standard InChI is InChI=1S/C15H8F16N2O/c1-5-3-2-4-6(32-5)33-8(34)10(20,21)12(24,25)14(28,29)15(30,31)13(26,27)11(22,23)9(18,19)7(16)17/h2-4,7H,1H3,(H,32,33,34). The average Bonchev–Trinajstić information content (AvgIpc) is 2.66. The molecule has 0 unspecified atom stereocenters. The molecule has 0 radical (unpaired) electrons. The molecule has 0 aliphatic heterocycles. The Labute approximate surface area is 177 Å². The van der Waals surface area contributed by atoms with Gasteiger partial charge in [0.2, 0.25) is 0 Å². The van der Waals surface area contributed by atoms with Crippen LogP contribution in [0.2, 0.25) is 0 Å². The van der Waals surface area contributed by atoms with E-state index in [-0.39, 0.29) is 5.69 Å². The first-order valence-electron chi connectivity index (χ1n) is 8.02. The van der Waals surface area contributed by atoms with Crippen molar-refractivity contribution in [3.05, 3.63) is 23.9 Å². The Morgan fingerprint density at radius 3 is 1.56 bits per heavy atom. The maximum atomic E-state index is 13.8. The molecule has 0 aromatic carbocycles. The molecule has 19 heteroatoms. The van der Waals surface area contributed by atoms with Crippen LogP contribution in [0, 0.1) is 6.92 Å². The van der Waals surface area contributed by atoms with Gasteiger partial charge in [0, 0.05) is 5.69 Å². The minimum Gasteiger partial charge on any atom is -0.305 e. The van der Waals surface area contributed by atoms with Crippen LogP contribution in [0.1, 0.15) is 5.69 Å². The van der Waals surface area contributed by atoms with Crippen molar-refractivity contribution >= 4 is 11.7 Å². The van der Waals surface area contributed by atoms with Crippen molar-refractivity contribution in [2.45, 2.75) is 54.8 Å². The van der Waals surface area contributed by atoms with Crippen molar-refractivity contribution < 1.29 is 75.0 Å². The van der Waals surface area contributed by atoms with E-state index in [1.807, 2.05) is 0 Å². The molecule has 1 aromatic heterocycles. The Bertz CT molecular complexity index is 913. The maximum Gasteiger partial charge on any atom is 0.393 e. The zero-order chi connectivity index (χ0) is 27.3. The Balaban J connectivity index is 3.54. The van der Waals surface area contributed by atoms with Crippen LogP contribution in [-0.2, 0) is 4.79 Å². The number of alkyl halides is 16. The maximum absolute atomic E-state index is 13.8. The van der Waals surface area contributed by atoms with Crippen molar-refractivity contribution in [1.29, 1.82) is 0 Å². The number of anilines is 1. The smallest absolute Gasteiger partial charge is 0.305 e. The molecular formula is C15H8F16N2O. The summed E-state index contributed by atoms with van der Waals surface area (Å²) in [6.07, 6.45) is -5.92. The predicted octanol–water partition coefficient (Wildman–Crippen LogP) is 6.04. The molecule has 1 aromatic rings. The third-order valence-electron chi connectivity index (χ3n) is 4.08. The van der Waals surface area contributed by atoms with E-state index in [0.29, 0.717) is 6.07 Å². The highest BCUT2D eigenvalue weighted by molar-refractivity contribution is 5.96. The van der Waals surface area contributed by atoms with E-state index in [9.17, 15) is 75.0 Å². The van der Waals surface area contributed by atoms with Gasteiger partial charge in [-0.15, -0.1) is 0 Å². The second-order valence-corrected chi connectivity index (χ2v) is 6.49. The Hall–Kier alpha value is -2.50. The number of rotatable bonds is 9. The van der Waals surface area contributed by atoms with E-state index in [1.54, 1.807) is 0 Å². The predicted molar refractivity (Wildman–Crippen MR) is 78.2 cm³/mol. The van der Waals surface area contributed by atoms with Gasteiger partial charge in [-0.05, 0) is 19.1 Å². The molecule has 1 N–H and O–H groups in total. The SMILES string of the molecule is Cc1cccc(NC(=O)C(F)(F)C(F)(F)C(F)(F)C(F)(F)C(F)(F)C(F)(F)C(F)(F)C(F)F)n1. The van der Waals surface area contributed by atoms with Crippen molar-refractivity contribution in [2.24, 2.45) is 0 Å². The van der Waals surface area contributed by atoms with Gasteiger partial charge in [-0.25, -0.2) is 13.8 Å². The van der Waals surface area contributed by atoms with Gasteiger partial charge in [0.25, 0.3) is 0 Å². The summed E-state index contributed by atoms with van der Waals surface area (Å²) in [7, 11) is 0.